The van der Waals surface area contributed by atoms with E-state index in [1.165, 1.54) is 11.1 Å². The lowest BCUT2D eigenvalue weighted by atomic mass is 10.1. The summed E-state index contributed by atoms with van der Waals surface area (Å²) < 4.78 is 6.93. The number of hydrogen-bond donors (Lipinski definition) is 1. The maximum atomic E-state index is 5.90. The molecule has 0 radical (unpaired) electrons. The van der Waals surface area contributed by atoms with E-state index in [-0.39, 0.29) is 0 Å². The molecule has 0 atom stereocenters. The van der Waals surface area contributed by atoms with Crippen molar-refractivity contribution in [2.24, 2.45) is 5.73 Å². The van der Waals surface area contributed by atoms with E-state index in [0.29, 0.717) is 13.2 Å². The second-order valence-corrected chi connectivity index (χ2v) is 5.58. The van der Waals surface area contributed by atoms with Crippen LogP contribution in [0, 0.1) is 13.8 Å². The third-order valence-corrected chi connectivity index (χ3v) is 3.67. The molecule has 0 aliphatic carbocycles. The summed E-state index contributed by atoms with van der Waals surface area (Å²) in [6.07, 6.45) is 0. The van der Waals surface area contributed by atoms with Gasteiger partial charge in [-0.15, -0.1) is 0 Å². The van der Waals surface area contributed by atoms with Crippen molar-refractivity contribution < 1.29 is 4.74 Å². The molecule has 0 aromatic heterocycles. The van der Waals surface area contributed by atoms with Gasteiger partial charge in [-0.1, -0.05) is 40.2 Å². The van der Waals surface area contributed by atoms with Gasteiger partial charge in [0.1, 0.15) is 12.4 Å². The molecule has 0 fully saturated rings. The molecule has 2 rings (SSSR count). The summed E-state index contributed by atoms with van der Waals surface area (Å²) in [7, 11) is 0. The Bertz CT molecular complexity index is 581. The zero-order valence-electron chi connectivity index (χ0n) is 11.2. The van der Waals surface area contributed by atoms with Crippen molar-refractivity contribution in [3.8, 4) is 5.75 Å². The van der Waals surface area contributed by atoms with Gasteiger partial charge in [0.15, 0.2) is 0 Å². The Balaban J connectivity index is 2.12. The van der Waals surface area contributed by atoms with Crippen molar-refractivity contribution in [3.05, 3.63) is 63.1 Å². The van der Waals surface area contributed by atoms with E-state index in [2.05, 4.69) is 41.1 Å². The Kier molecular flexibility index (Phi) is 4.61. The van der Waals surface area contributed by atoms with Gasteiger partial charge in [-0.2, -0.15) is 0 Å². The number of ether oxygens (including phenoxy) is 1. The standard InChI is InChI=1S/C16H18BrNO/c1-11-3-6-15(17)8-16(11)19-10-14-5-4-13(9-18)7-12(14)2/h3-8H,9-10,18H2,1-2H3. The minimum absolute atomic E-state index is 0.576. The quantitative estimate of drug-likeness (QED) is 0.920. The number of rotatable bonds is 4. The molecule has 0 aliphatic heterocycles. The third kappa shape index (κ3) is 3.58. The van der Waals surface area contributed by atoms with E-state index in [1.807, 2.05) is 25.1 Å². The fourth-order valence-electron chi connectivity index (χ4n) is 1.93. The Labute approximate surface area is 122 Å². The van der Waals surface area contributed by atoms with Crippen LogP contribution in [-0.4, -0.2) is 0 Å². The molecule has 0 amide bonds. The van der Waals surface area contributed by atoms with E-state index in [0.717, 1.165) is 21.3 Å². The van der Waals surface area contributed by atoms with Crippen LogP contribution in [0.2, 0.25) is 0 Å². The lowest BCUT2D eigenvalue weighted by Gasteiger charge is -2.12. The van der Waals surface area contributed by atoms with E-state index in [9.17, 15) is 0 Å². The van der Waals surface area contributed by atoms with Gasteiger partial charge in [0, 0.05) is 11.0 Å². The molecule has 2 aromatic rings. The zero-order valence-corrected chi connectivity index (χ0v) is 12.8. The van der Waals surface area contributed by atoms with Crippen LogP contribution in [0.5, 0.6) is 5.75 Å². The lowest BCUT2D eigenvalue weighted by Crippen LogP contribution is -2.02. The largest absolute Gasteiger partial charge is 0.489 e. The molecular weight excluding hydrogens is 302 g/mol. The predicted molar refractivity (Wildman–Crippen MR) is 82.3 cm³/mol. The Morgan fingerprint density at radius 1 is 1.05 bits per heavy atom. The Morgan fingerprint density at radius 2 is 1.84 bits per heavy atom. The molecule has 2 aromatic carbocycles. The van der Waals surface area contributed by atoms with Crippen molar-refractivity contribution >= 4 is 15.9 Å². The predicted octanol–water partition coefficient (Wildman–Crippen LogP) is 4.10. The van der Waals surface area contributed by atoms with Crippen LogP contribution in [0.1, 0.15) is 22.3 Å². The van der Waals surface area contributed by atoms with Crippen LogP contribution in [0.15, 0.2) is 40.9 Å². The Morgan fingerprint density at radius 3 is 2.53 bits per heavy atom. The molecule has 0 saturated carbocycles. The van der Waals surface area contributed by atoms with E-state index < -0.39 is 0 Å². The fourth-order valence-corrected chi connectivity index (χ4v) is 2.27. The highest BCUT2D eigenvalue weighted by molar-refractivity contribution is 9.10. The summed E-state index contributed by atoms with van der Waals surface area (Å²) in [6, 6.07) is 12.3. The van der Waals surface area contributed by atoms with Gasteiger partial charge >= 0.3 is 0 Å². The normalized spacial score (nSPS) is 10.5. The zero-order chi connectivity index (χ0) is 13.8. The van der Waals surface area contributed by atoms with E-state index in [1.54, 1.807) is 0 Å². The van der Waals surface area contributed by atoms with Crippen LogP contribution >= 0.6 is 15.9 Å². The van der Waals surface area contributed by atoms with Crippen molar-refractivity contribution in [1.82, 2.24) is 0 Å². The molecule has 2 nitrogen and oxygen atoms in total. The average Bonchev–Trinajstić information content (AvgIpc) is 2.40. The fraction of sp³-hybridized carbons (Fsp3) is 0.250. The van der Waals surface area contributed by atoms with Gasteiger partial charge in [-0.3, -0.25) is 0 Å². The van der Waals surface area contributed by atoms with Crippen molar-refractivity contribution in [3.63, 3.8) is 0 Å². The van der Waals surface area contributed by atoms with Crippen molar-refractivity contribution in [1.29, 1.82) is 0 Å². The van der Waals surface area contributed by atoms with Gasteiger partial charge in [0.05, 0.1) is 0 Å². The number of benzene rings is 2. The number of halogens is 1. The molecular formula is C16H18BrNO. The highest BCUT2D eigenvalue weighted by atomic mass is 79.9. The first-order valence-electron chi connectivity index (χ1n) is 6.27. The van der Waals surface area contributed by atoms with Gasteiger partial charge in [-0.25, -0.2) is 0 Å². The van der Waals surface area contributed by atoms with Crippen LogP contribution < -0.4 is 10.5 Å². The second kappa shape index (κ2) is 6.22. The first kappa shape index (κ1) is 14.1. The van der Waals surface area contributed by atoms with Crippen LogP contribution in [-0.2, 0) is 13.2 Å². The number of hydrogen-bond acceptors (Lipinski definition) is 2. The van der Waals surface area contributed by atoms with Gasteiger partial charge in [-0.05, 0) is 48.2 Å². The maximum absolute atomic E-state index is 5.90. The Hall–Kier alpha value is -1.32. The molecule has 0 unspecified atom stereocenters. The average molecular weight is 320 g/mol. The first-order valence-corrected chi connectivity index (χ1v) is 7.07. The molecule has 0 spiro atoms. The molecule has 3 heteroatoms. The molecule has 0 heterocycles. The molecule has 0 saturated heterocycles. The van der Waals surface area contributed by atoms with Crippen LogP contribution in [0.3, 0.4) is 0 Å². The number of nitrogens with two attached hydrogens (primary N) is 1. The maximum Gasteiger partial charge on any atom is 0.123 e. The summed E-state index contributed by atoms with van der Waals surface area (Å²) in [5, 5.41) is 0. The van der Waals surface area contributed by atoms with E-state index >= 15 is 0 Å². The van der Waals surface area contributed by atoms with Crippen molar-refractivity contribution in [2.45, 2.75) is 27.0 Å². The molecule has 0 aliphatic rings. The summed E-state index contributed by atoms with van der Waals surface area (Å²) in [4.78, 5) is 0. The molecule has 100 valence electrons. The smallest absolute Gasteiger partial charge is 0.123 e. The van der Waals surface area contributed by atoms with E-state index in [4.69, 9.17) is 10.5 Å². The molecule has 2 N–H and O–H groups in total. The summed E-state index contributed by atoms with van der Waals surface area (Å²) in [6.45, 7) is 5.29. The lowest BCUT2D eigenvalue weighted by molar-refractivity contribution is 0.303. The van der Waals surface area contributed by atoms with Crippen LogP contribution in [0.4, 0.5) is 0 Å². The van der Waals surface area contributed by atoms with Gasteiger partial charge < -0.3 is 10.5 Å². The summed E-state index contributed by atoms with van der Waals surface area (Å²) >= 11 is 3.46. The second-order valence-electron chi connectivity index (χ2n) is 4.66. The minimum Gasteiger partial charge on any atom is -0.489 e. The van der Waals surface area contributed by atoms with Gasteiger partial charge in [0.25, 0.3) is 0 Å². The van der Waals surface area contributed by atoms with Crippen LogP contribution in [0.25, 0.3) is 0 Å². The number of aryl methyl sites for hydroxylation is 2. The SMILES string of the molecule is Cc1cc(CN)ccc1COc1cc(Br)ccc1C. The van der Waals surface area contributed by atoms with Crippen molar-refractivity contribution in [2.75, 3.05) is 0 Å². The molecule has 19 heavy (non-hydrogen) atoms. The summed E-state index contributed by atoms with van der Waals surface area (Å²) in [5.41, 5.74) is 10.3. The monoisotopic (exact) mass is 319 g/mol. The third-order valence-electron chi connectivity index (χ3n) is 3.18. The van der Waals surface area contributed by atoms with Gasteiger partial charge in [0.2, 0.25) is 0 Å². The first-order chi connectivity index (χ1) is 9.10. The molecule has 0 bridgehead atoms. The highest BCUT2D eigenvalue weighted by Gasteiger charge is 2.04. The summed E-state index contributed by atoms with van der Waals surface area (Å²) in [5.74, 6) is 0.914. The highest BCUT2D eigenvalue weighted by Crippen LogP contribution is 2.24. The minimum atomic E-state index is 0.576. The topological polar surface area (TPSA) is 35.2 Å².